The van der Waals surface area contributed by atoms with E-state index in [9.17, 15) is 9.59 Å². The maximum atomic E-state index is 13.1. The number of benzene rings is 1. The summed E-state index contributed by atoms with van der Waals surface area (Å²) < 4.78 is 16.5. The third kappa shape index (κ3) is 4.24. The zero-order valence-electron chi connectivity index (χ0n) is 16.8. The van der Waals surface area contributed by atoms with Gasteiger partial charge in [0.2, 0.25) is 0 Å². The molecule has 1 aliphatic heterocycles. The lowest BCUT2D eigenvalue weighted by atomic mass is 9.88. The molecule has 0 aromatic heterocycles. The Morgan fingerprint density at radius 1 is 1.18 bits per heavy atom. The van der Waals surface area contributed by atoms with Crippen LogP contribution in [-0.4, -0.2) is 32.3 Å². The number of methoxy groups -OCH3 is 2. The van der Waals surface area contributed by atoms with Gasteiger partial charge in [-0.3, -0.25) is 0 Å². The summed E-state index contributed by atoms with van der Waals surface area (Å²) in [5.74, 6) is 1.29. The van der Waals surface area contributed by atoms with Gasteiger partial charge >= 0.3 is 12.0 Å². The Labute approximate surface area is 165 Å². The molecule has 3 atom stereocenters. The summed E-state index contributed by atoms with van der Waals surface area (Å²) in [4.78, 5) is 25.2. The first kappa shape index (κ1) is 20.0. The molecule has 7 heteroatoms. The number of rotatable bonds is 5. The van der Waals surface area contributed by atoms with Crippen molar-refractivity contribution in [2.24, 2.45) is 5.92 Å². The van der Waals surface area contributed by atoms with Gasteiger partial charge in [-0.15, -0.1) is 0 Å². The fourth-order valence-electron chi connectivity index (χ4n) is 3.95. The summed E-state index contributed by atoms with van der Waals surface area (Å²) in [5, 5.41) is 5.50. The molecule has 3 rings (SSSR count). The van der Waals surface area contributed by atoms with Crippen LogP contribution in [0.4, 0.5) is 4.79 Å². The van der Waals surface area contributed by atoms with Crippen molar-refractivity contribution in [2.45, 2.75) is 51.7 Å². The number of esters is 1. The Morgan fingerprint density at radius 2 is 1.96 bits per heavy atom. The minimum atomic E-state index is -0.664. The topological polar surface area (TPSA) is 85.9 Å². The van der Waals surface area contributed by atoms with Crippen molar-refractivity contribution in [1.82, 2.24) is 10.6 Å². The summed E-state index contributed by atoms with van der Waals surface area (Å²) in [5.41, 5.74) is 1.54. The molecule has 152 valence electrons. The summed E-state index contributed by atoms with van der Waals surface area (Å²) in [6, 6.07) is 4.25. The first-order valence-corrected chi connectivity index (χ1v) is 9.64. The van der Waals surface area contributed by atoms with Crippen molar-refractivity contribution >= 4 is 12.0 Å². The molecule has 1 aromatic rings. The van der Waals surface area contributed by atoms with Crippen molar-refractivity contribution in [3.8, 4) is 11.5 Å². The standard InChI is InChI=1S/C21H28N2O5/c1-12-6-5-7-15(10-12)28-20(24)18-13(2)22-21(25)23-19(18)16-9-8-14(26-3)11-17(16)27-4/h8-9,11-12,15,19H,5-7,10H2,1-4H3,(H2,22,23,25)/t12-,15-,19+/m0/s1. The SMILES string of the molecule is COc1ccc([C@H]2NC(=O)NC(C)=C2C(=O)O[C@H]2CCC[C@H](C)C2)c(OC)c1. The number of carbonyl (C=O) groups excluding carboxylic acids is 2. The number of hydrogen-bond acceptors (Lipinski definition) is 5. The van der Waals surface area contributed by atoms with Gasteiger partial charge in [0.1, 0.15) is 17.6 Å². The van der Waals surface area contributed by atoms with Crippen molar-refractivity contribution < 1.29 is 23.8 Å². The molecular weight excluding hydrogens is 360 g/mol. The fraction of sp³-hybridized carbons (Fsp3) is 0.524. The second-order valence-corrected chi connectivity index (χ2v) is 7.48. The molecular formula is C21H28N2O5. The molecule has 7 nitrogen and oxygen atoms in total. The van der Waals surface area contributed by atoms with E-state index < -0.39 is 12.0 Å². The zero-order valence-corrected chi connectivity index (χ0v) is 16.8. The van der Waals surface area contributed by atoms with Crippen LogP contribution in [-0.2, 0) is 9.53 Å². The van der Waals surface area contributed by atoms with Gasteiger partial charge in [-0.1, -0.05) is 13.3 Å². The smallest absolute Gasteiger partial charge is 0.338 e. The lowest BCUT2D eigenvalue weighted by Gasteiger charge is -2.31. The number of allylic oxidation sites excluding steroid dienone is 1. The van der Waals surface area contributed by atoms with Gasteiger partial charge in [0.25, 0.3) is 0 Å². The van der Waals surface area contributed by atoms with Crippen LogP contribution in [0, 0.1) is 5.92 Å². The normalized spacial score (nSPS) is 24.9. The third-order valence-corrected chi connectivity index (χ3v) is 5.40. The zero-order chi connectivity index (χ0) is 20.3. The number of urea groups is 1. The molecule has 1 fully saturated rings. The Bertz CT molecular complexity index is 789. The molecule has 0 bridgehead atoms. The average Bonchev–Trinajstić information content (AvgIpc) is 2.66. The van der Waals surface area contributed by atoms with E-state index >= 15 is 0 Å². The van der Waals surface area contributed by atoms with Gasteiger partial charge in [-0.05, 0) is 44.2 Å². The second kappa shape index (κ2) is 8.54. The molecule has 28 heavy (non-hydrogen) atoms. The molecule has 0 radical (unpaired) electrons. The fourth-order valence-corrected chi connectivity index (χ4v) is 3.95. The predicted molar refractivity (Wildman–Crippen MR) is 104 cm³/mol. The van der Waals surface area contributed by atoms with Crippen LogP contribution in [0.3, 0.4) is 0 Å². The van der Waals surface area contributed by atoms with Crippen molar-refractivity contribution in [2.75, 3.05) is 14.2 Å². The van der Waals surface area contributed by atoms with Gasteiger partial charge in [0.05, 0.1) is 25.8 Å². The van der Waals surface area contributed by atoms with Gasteiger partial charge in [0.15, 0.2) is 0 Å². The highest BCUT2D eigenvalue weighted by molar-refractivity contribution is 5.95. The lowest BCUT2D eigenvalue weighted by Crippen LogP contribution is -2.45. The monoisotopic (exact) mass is 388 g/mol. The molecule has 0 unspecified atom stereocenters. The highest BCUT2D eigenvalue weighted by atomic mass is 16.5. The summed E-state index contributed by atoms with van der Waals surface area (Å²) in [6.45, 7) is 3.89. The molecule has 0 spiro atoms. The Hall–Kier alpha value is -2.70. The first-order chi connectivity index (χ1) is 13.4. The molecule has 2 aliphatic rings. The first-order valence-electron chi connectivity index (χ1n) is 9.64. The molecule has 1 aliphatic carbocycles. The lowest BCUT2D eigenvalue weighted by molar-refractivity contribution is -0.146. The van der Waals surface area contributed by atoms with Crippen LogP contribution in [0.2, 0.25) is 0 Å². The van der Waals surface area contributed by atoms with Crippen LogP contribution in [0.25, 0.3) is 0 Å². The summed E-state index contributed by atoms with van der Waals surface area (Å²) in [7, 11) is 3.11. The Morgan fingerprint density at radius 3 is 2.64 bits per heavy atom. The maximum absolute atomic E-state index is 13.1. The highest BCUT2D eigenvalue weighted by Gasteiger charge is 2.35. The van der Waals surface area contributed by atoms with Crippen molar-refractivity contribution in [1.29, 1.82) is 0 Å². The molecule has 0 saturated heterocycles. The van der Waals surface area contributed by atoms with Crippen LogP contribution >= 0.6 is 0 Å². The molecule has 1 aromatic carbocycles. The van der Waals surface area contributed by atoms with E-state index in [0.717, 1.165) is 19.3 Å². The van der Waals surface area contributed by atoms with E-state index in [1.165, 1.54) is 6.42 Å². The summed E-state index contributed by atoms with van der Waals surface area (Å²) in [6.07, 6.45) is 3.88. The van der Waals surface area contributed by atoms with Crippen LogP contribution in [0.15, 0.2) is 29.5 Å². The van der Waals surface area contributed by atoms with Gasteiger partial charge in [-0.2, -0.15) is 0 Å². The number of amides is 2. The van der Waals surface area contributed by atoms with Gasteiger partial charge in [-0.25, -0.2) is 9.59 Å². The quantitative estimate of drug-likeness (QED) is 0.755. The van der Waals surface area contributed by atoms with Gasteiger partial charge in [0, 0.05) is 17.3 Å². The molecule has 2 amide bonds. The summed E-state index contributed by atoms with van der Waals surface area (Å²) >= 11 is 0. The molecule has 1 heterocycles. The number of carbonyl (C=O) groups is 2. The van der Waals surface area contributed by atoms with E-state index in [-0.39, 0.29) is 12.1 Å². The van der Waals surface area contributed by atoms with Crippen molar-refractivity contribution in [3.63, 3.8) is 0 Å². The van der Waals surface area contributed by atoms with E-state index in [1.807, 2.05) is 0 Å². The van der Waals surface area contributed by atoms with Crippen molar-refractivity contribution in [3.05, 3.63) is 35.0 Å². The minimum Gasteiger partial charge on any atom is -0.497 e. The largest absolute Gasteiger partial charge is 0.497 e. The van der Waals surface area contributed by atoms with E-state index in [0.29, 0.717) is 34.3 Å². The highest BCUT2D eigenvalue weighted by Crippen LogP contribution is 2.36. The van der Waals surface area contributed by atoms with Crippen LogP contribution < -0.4 is 20.1 Å². The number of ether oxygens (including phenoxy) is 3. The average molecular weight is 388 g/mol. The Balaban J connectivity index is 1.91. The number of hydrogen-bond donors (Lipinski definition) is 2. The van der Waals surface area contributed by atoms with Gasteiger partial charge < -0.3 is 24.8 Å². The van der Waals surface area contributed by atoms with E-state index in [1.54, 1.807) is 39.3 Å². The molecule has 2 N–H and O–H groups in total. The minimum absolute atomic E-state index is 0.0902. The maximum Gasteiger partial charge on any atom is 0.338 e. The predicted octanol–water partition coefficient (Wildman–Crippen LogP) is 3.45. The number of nitrogens with one attached hydrogen (secondary N) is 2. The molecule has 1 saturated carbocycles. The third-order valence-electron chi connectivity index (χ3n) is 5.40. The van der Waals surface area contributed by atoms with E-state index in [4.69, 9.17) is 14.2 Å². The second-order valence-electron chi connectivity index (χ2n) is 7.48. The van der Waals surface area contributed by atoms with Crippen LogP contribution in [0.5, 0.6) is 11.5 Å². The Kier molecular flexibility index (Phi) is 6.11. The van der Waals surface area contributed by atoms with Crippen LogP contribution in [0.1, 0.15) is 51.1 Å². The van der Waals surface area contributed by atoms with E-state index in [2.05, 4.69) is 17.6 Å².